The zero-order valence-corrected chi connectivity index (χ0v) is 74.2. The van der Waals surface area contributed by atoms with Crippen LogP contribution in [0.3, 0.4) is 0 Å². The van der Waals surface area contributed by atoms with E-state index in [2.05, 4.69) is 47.5 Å². The van der Waals surface area contributed by atoms with Gasteiger partial charge in [0, 0.05) is 111 Å². The van der Waals surface area contributed by atoms with Crippen molar-refractivity contribution in [1.29, 1.82) is 0 Å². The Morgan fingerprint density at radius 3 is 1.96 bits per heavy atom. The fourth-order valence-electron chi connectivity index (χ4n) is 15.2. The summed E-state index contributed by atoms with van der Waals surface area (Å²) in [5.41, 5.74) is 7.79. The summed E-state index contributed by atoms with van der Waals surface area (Å²) in [4.78, 5) is 234. The molecule has 4 heterocycles. The van der Waals surface area contributed by atoms with Crippen molar-refractivity contribution in [3.8, 4) is 5.75 Å². The summed E-state index contributed by atoms with van der Waals surface area (Å²) in [5, 5.41) is 82.9. The van der Waals surface area contributed by atoms with Crippen LogP contribution < -0.4 is 58.3 Å². The Hall–Kier alpha value is -10.7. The number of H-pyrrole nitrogens is 1. The quantitative estimate of drug-likeness (QED) is 0.0223. The van der Waals surface area contributed by atoms with Gasteiger partial charge in [0.15, 0.2) is 17.3 Å². The monoisotopic (exact) mass is 1830 g/mol. The molecule has 3 aliphatic rings. The molecule has 16 atom stereocenters. The van der Waals surface area contributed by atoms with Crippen LogP contribution in [0.25, 0.3) is 10.9 Å². The number of aliphatic hydroxyl groups excluding tert-OH is 3. The Balaban J connectivity index is 0.976. The van der Waals surface area contributed by atoms with Crippen LogP contribution >= 0.6 is 21.6 Å². The molecule has 18 N–H and O–H groups in total. The number of primary amides is 1. The average Bonchev–Trinajstić information content (AvgIpc) is 1.63. The standard InChI is InChI=1S/C87H120N12O25S3/c1-5-49(2)77-82(116)91-44-74(109)92-66-48-127(123)83-61(38-55(79(113)90-45-75(110)97-77)39-70(105)78(51(4)71(106)47-100)98-81(115)67-42-58(102)46-99(67)84(117)56(40-69(66)104)41-72(88)107)60-27-26-59(43-64(60)94-83)124-33-18-34-125-126-50(3)19-17-25-68(103)65(36-53-22-13-10-14-23-53)93-80(114)54(35-52-20-11-9-12-21-52)37-57(101)24-15-7-6-8-16-32-89-73(108)30-28-62(85(118)119)95-87(122)96-63(86(120)121)29-31-76(111)112/h9-14,20-23,26-27,43,49-51,54-56,58,62-63,65-67,71,77-78,94,100,102,106H,5-8,15-19,24-25,28-42,44-48H2,1-4H3,(H2,88,107)(H,89,108)(H,90,113)(H,91,116)(H,92,109)(H,93,114)(H,97,110)(H,98,115)(H,111,112)(H,118,119)(H,120,121)(H2,95,96,122)/t49-,50?,51-,54+,55?,56-,58?,62?,63?,65-,66?,67-,71-,77-,78-,127?/m0/s1. The Morgan fingerprint density at radius 2 is 1.31 bits per heavy atom. The number of carboxylic acid groups (broad SMARTS) is 3. The Bertz CT molecular complexity index is 4520. The maximum absolute atomic E-state index is 15.3. The molecule has 4 aromatic rings. The molecular formula is C87H120N12O25S3. The van der Waals surface area contributed by atoms with Crippen LogP contribution in [0.15, 0.2) is 83.9 Å². The number of benzene rings is 3. The first-order valence-corrected chi connectivity index (χ1v) is 46.7. The van der Waals surface area contributed by atoms with Crippen molar-refractivity contribution in [3.63, 3.8) is 0 Å². The number of nitrogens with two attached hydrogens (primary N) is 1. The van der Waals surface area contributed by atoms with E-state index in [0.29, 0.717) is 73.8 Å². The van der Waals surface area contributed by atoms with Crippen LogP contribution in [0.2, 0.25) is 0 Å². The Kier molecular flexibility index (Phi) is 42.8. The lowest BCUT2D eigenvalue weighted by Gasteiger charge is -2.32. The number of unbranched alkanes of at least 4 members (excludes halogenated alkanes) is 4. The van der Waals surface area contributed by atoms with Gasteiger partial charge in [-0.1, -0.05) is 136 Å². The van der Waals surface area contributed by atoms with E-state index in [9.17, 15) is 102 Å². The van der Waals surface area contributed by atoms with Gasteiger partial charge >= 0.3 is 23.9 Å². The van der Waals surface area contributed by atoms with Crippen molar-refractivity contribution in [2.45, 2.75) is 240 Å². The molecule has 3 aromatic carbocycles. The topological polar surface area (TPSA) is 591 Å². The largest absolute Gasteiger partial charge is 0.493 e. The summed E-state index contributed by atoms with van der Waals surface area (Å²) in [5.74, 6) is -19.4. The number of aliphatic carboxylic acids is 3. The number of hydrogen-bond acceptors (Lipinski definition) is 24. The molecule has 7 rings (SSSR count). The molecule has 0 radical (unpaired) electrons. The van der Waals surface area contributed by atoms with Gasteiger partial charge in [0.25, 0.3) is 0 Å². The number of carbonyl (C=O) groups is 17. The molecule has 7 unspecified atom stereocenters. The third-order valence-corrected chi connectivity index (χ3v) is 27.1. The van der Waals surface area contributed by atoms with E-state index in [1.54, 1.807) is 53.6 Å². The number of rotatable bonds is 45. The number of aromatic amines is 1. The van der Waals surface area contributed by atoms with Crippen molar-refractivity contribution >= 4 is 144 Å². The highest BCUT2D eigenvalue weighted by molar-refractivity contribution is 8.76. The highest BCUT2D eigenvalue weighted by atomic mass is 33.1. The number of hydrogen-bond donors (Lipinski definition) is 17. The molecule has 3 aliphatic heterocycles. The maximum Gasteiger partial charge on any atom is 0.326 e. The lowest BCUT2D eigenvalue weighted by molar-refractivity contribution is -0.145. The summed E-state index contributed by atoms with van der Waals surface area (Å²) in [7, 11) is 0.832. The normalized spacial score (nSPS) is 21.2. The number of Topliss-reactive ketones (excluding diaryl/α,β-unsaturated/α-hetero) is 4. The number of amides is 11. The summed E-state index contributed by atoms with van der Waals surface area (Å²) >= 11 is 0. The minimum Gasteiger partial charge on any atom is -0.493 e. The van der Waals surface area contributed by atoms with E-state index >= 15 is 9.00 Å². The predicted octanol–water partition coefficient (Wildman–Crippen LogP) is 2.69. The van der Waals surface area contributed by atoms with Crippen molar-refractivity contribution in [1.82, 2.24) is 57.7 Å². The lowest BCUT2D eigenvalue weighted by Crippen LogP contribution is -2.56. The zero-order chi connectivity index (χ0) is 93.0. The molecule has 37 nitrogen and oxygen atoms in total. The van der Waals surface area contributed by atoms with Crippen LogP contribution in [0.4, 0.5) is 4.79 Å². The van der Waals surface area contributed by atoms with E-state index in [4.69, 9.17) is 15.6 Å². The van der Waals surface area contributed by atoms with Gasteiger partial charge in [-0.15, -0.1) is 0 Å². The number of carboxylic acids is 3. The van der Waals surface area contributed by atoms with Gasteiger partial charge in [0.1, 0.15) is 40.7 Å². The molecular weight excluding hydrogens is 1710 g/mol. The number of ether oxygens (including phenoxy) is 1. The lowest BCUT2D eigenvalue weighted by atomic mass is 9.85. The maximum atomic E-state index is 15.3. The fraction of sp³-hybridized carbons (Fsp3) is 0.575. The Labute approximate surface area is 746 Å². The van der Waals surface area contributed by atoms with Crippen molar-refractivity contribution < 1.29 is 121 Å². The predicted molar refractivity (Wildman–Crippen MR) is 468 cm³/mol. The summed E-state index contributed by atoms with van der Waals surface area (Å²) in [6, 6.07) is 12.0. The van der Waals surface area contributed by atoms with Crippen molar-refractivity contribution in [2.24, 2.45) is 35.3 Å². The van der Waals surface area contributed by atoms with E-state index in [0.717, 1.165) is 22.4 Å². The number of nitrogens with one attached hydrogen (secondary N) is 10. The van der Waals surface area contributed by atoms with Crippen molar-refractivity contribution in [2.75, 3.05) is 50.9 Å². The SMILES string of the molecule is CC[C@H](C)[C@@H]1NC(=O)CNC(=O)C2CC(=O)[C@H]([C@@H](C)[C@@H](O)CO)NC(=O)[C@@H]3CC(O)CN3C(=O)[C@H](CC(N)=O)CC(=O)C(CS(=O)c3[nH]c4cc(OCCCSSC(C)CCCC(=O)[C@H](Cc5ccccc5)NC(=O)[C@@H](CC(=O)CCCCCCCNC(=O)CCC(NC(=O)NC(CCC(=O)O)C(=O)O)C(=O)O)Cc5ccccc5)ccc4c3C2)NC(=O)CNC1=O. The molecule has 1 fully saturated rings. The minimum atomic E-state index is -2.40. The highest BCUT2D eigenvalue weighted by Gasteiger charge is 2.46. The number of aromatic nitrogens is 1. The highest BCUT2D eigenvalue weighted by Crippen LogP contribution is 2.35. The van der Waals surface area contributed by atoms with Crippen LogP contribution in [0, 0.1) is 29.6 Å². The number of ketones is 4. The van der Waals surface area contributed by atoms with Gasteiger partial charge in [-0.2, -0.15) is 0 Å². The van der Waals surface area contributed by atoms with Gasteiger partial charge < -0.3 is 98.8 Å². The molecule has 696 valence electrons. The van der Waals surface area contributed by atoms with Gasteiger partial charge in [-0.3, -0.25) is 71.3 Å². The summed E-state index contributed by atoms with van der Waals surface area (Å²) < 4.78 is 21.6. The fourth-order valence-corrected chi connectivity index (χ4v) is 19.1. The number of nitrogens with zero attached hydrogens (tertiary/aromatic N) is 1. The van der Waals surface area contributed by atoms with Crippen LogP contribution in [-0.4, -0.2) is 256 Å². The first-order valence-electron chi connectivity index (χ1n) is 43.0. The van der Waals surface area contributed by atoms with E-state index in [-0.39, 0.29) is 85.5 Å². The molecule has 1 saturated heterocycles. The van der Waals surface area contributed by atoms with E-state index in [1.165, 1.54) is 6.92 Å². The molecule has 127 heavy (non-hydrogen) atoms. The van der Waals surface area contributed by atoms with E-state index in [1.807, 2.05) is 72.9 Å². The Morgan fingerprint density at radius 1 is 0.677 bits per heavy atom. The third-order valence-electron chi connectivity index (χ3n) is 22.6. The van der Waals surface area contributed by atoms with Gasteiger partial charge in [-0.25, -0.2) is 14.4 Å². The molecule has 11 amide bonds. The summed E-state index contributed by atoms with van der Waals surface area (Å²) in [6.07, 6.45) is -1.76. The molecule has 0 aliphatic carbocycles. The number of carbonyl (C=O) groups excluding carboxylic acids is 14. The summed E-state index contributed by atoms with van der Waals surface area (Å²) in [6.45, 7) is 4.36. The second-order valence-electron chi connectivity index (χ2n) is 32.6. The molecule has 40 heteroatoms. The second-order valence-corrected chi connectivity index (χ2v) is 37.0. The molecule has 0 saturated carbocycles. The molecule has 1 aromatic heterocycles. The first kappa shape index (κ1) is 103. The van der Waals surface area contributed by atoms with Crippen molar-refractivity contribution in [3.05, 3.63) is 95.6 Å². The van der Waals surface area contributed by atoms with Gasteiger partial charge in [0.2, 0.25) is 53.2 Å². The average molecular weight is 1830 g/mol. The van der Waals surface area contributed by atoms with Gasteiger partial charge in [-0.05, 0) is 98.9 Å². The van der Waals surface area contributed by atoms with Crippen LogP contribution in [0.1, 0.15) is 173 Å². The number of urea groups is 1. The zero-order valence-electron chi connectivity index (χ0n) is 71.8. The minimum absolute atomic E-state index is 0.0590. The van der Waals surface area contributed by atoms with Gasteiger partial charge in [0.05, 0.1) is 84.6 Å². The third kappa shape index (κ3) is 34.1. The van der Waals surface area contributed by atoms with E-state index < -0.39 is 260 Å². The molecule has 2 bridgehead atoms. The molecule has 0 spiro atoms. The number of fused-ring (bicyclic) bond motifs is 5. The second kappa shape index (κ2) is 52.6. The smallest absolute Gasteiger partial charge is 0.326 e. The number of aliphatic hydroxyl groups is 3. The van der Waals surface area contributed by atoms with Crippen LogP contribution in [0.5, 0.6) is 5.75 Å². The first-order chi connectivity index (χ1) is 60.5. The van der Waals surface area contributed by atoms with Crippen LogP contribution in [-0.2, 0) is 107 Å².